The molecule has 27 heavy (non-hydrogen) atoms. The number of aromatic nitrogens is 2. The summed E-state index contributed by atoms with van der Waals surface area (Å²) in [5.41, 5.74) is 3.12. The van der Waals surface area contributed by atoms with Crippen LogP contribution in [0.5, 0.6) is 11.5 Å². The van der Waals surface area contributed by atoms with Crippen LogP contribution in [0, 0.1) is 5.41 Å². The van der Waals surface area contributed by atoms with Crippen molar-refractivity contribution in [3.8, 4) is 22.8 Å². The van der Waals surface area contributed by atoms with Crippen molar-refractivity contribution >= 4 is 17.8 Å². The lowest BCUT2D eigenvalue weighted by molar-refractivity contribution is -0.191. The minimum absolute atomic E-state index is 0.250. The lowest BCUT2D eigenvalue weighted by Crippen LogP contribution is -2.08. The largest absolute Gasteiger partial charge is 0.496 e. The van der Waals surface area contributed by atoms with Gasteiger partial charge in [0.15, 0.2) is 0 Å². The Hall–Kier alpha value is -2.30. The molecule has 1 aliphatic rings. The molecule has 1 heterocycles. The molecule has 2 aromatic rings. The summed E-state index contributed by atoms with van der Waals surface area (Å²) in [6, 6.07) is 5.94. The van der Waals surface area contributed by atoms with Crippen LogP contribution < -0.4 is 9.47 Å². The molecule has 0 saturated heterocycles. The molecule has 1 fully saturated rings. The summed E-state index contributed by atoms with van der Waals surface area (Å²) >= 11 is 6.57. The highest BCUT2D eigenvalue weighted by atomic mass is 35.5. The van der Waals surface area contributed by atoms with Crippen LogP contribution in [0.4, 0.5) is 0 Å². The predicted octanol–water partition coefficient (Wildman–Crippen LogP) is 4.39. The number of hydrogen-bond acceptors (Lipinski definition) is 5. The maximum atomic E-state index is 8.12. The molecular weight excluding hydrogens is 368 g/mol. The number of rotatable bonds is 7. The first-order valence-corrected chi connectivity index (χ1v) is 9.36. The van der Waals surface area contributed by atoms with Crippen LogP contribution >= 0.6 is 11.6 Å². The third-order valence-electron chi connectivity index (χ3n) is 4.71. The second-order valence-electron chi connectivity index (χ2n) is 6.82. The zero-order chi connectivity index (χ0) is 20.0. The van der Waals surface area contributed by atoms with Gasteiger partial charge in [-0.15, -0.1) is 0 Å². The molecule has 6 nitrogen and oxygen atoms in total. The van der Waals surface area contributed by atoms with Gasteiger partial charge < -0.3 is 9.47 Å². The van der Waals surface area contributed by atoms with Gasteiger partial charge in [-0.3, -0.25) is 4.68 Å². The molecule has 0 atom stereocenters. The molecule has 1 aliphatic carbocycles. The normalized spacial score (nSPS) is 14.0. The summed E-state index contributed by atoms with van der Waals surface area (Å²) in [7, 11) is 1.67. The number of halogens is 1. The van der Waals surface area contributed by atoms with Crippen molar-refractivity contribution in [3.05, 3.63) is 28.9 Å². The van der Waals surface area contributed by atoms with Crippen molar-refractivity contribution < 1.29 is 19.1 Å². The Balaban J connectivity index is 0.000000817. The smallest absolute Gasteiger partial charge is 0.373 e. The van der Waals surface area contributed by atoms with Crippen LogP contribution in [0.25, 0.3) is 11.3 Å². The molecule has 0 bridgehead atoms. The van der Waals surface area contributed by atoms with Gasteiger partial charge in [-0.25, -0.2) is 0 Å². The van der Waals surface area contributed by atoms with Crippen molar-refractivity contribution in [2.24, 2.45) is 5.41 Å². The van der Waals surface area contributed by atoms with E-state index >= 15 is 0 Å². The SMILES string of the molecule is CCc1nn(CC)c(-c2ccc(OCC3(C)CC3)cc2OC)c1Cl.O=C=O. The Bertz CT molecular complexity index is 822. The first-order chi connectivity index (χ1) is 12.9. The Morgan fingerprint density at radius 2 is 1.96 bits per heavy atom. The van der Waals surface area contributed by atoms with Gasteiger partial charge in [0.25, 0.3) is 0 Å². The summed E-state index contributed by atoms with van der Waals surface area (Å²) in [5.74, 6) is 1.59. The molecule has 0 N–H and O–H groups in total. The van der Waals surface area contributed by atoms with Gasteiger partial charge in [0.2, 0.25) is 0 Å². The maximum Gasteiger partial charge on any atom is 0.373 e. The number of aryl methyl sites for hydroxylation is 2. The number of benzene rings is 1. The molecule has 0 spiro atoms. The Morgan fingerprint density at radius 1 is 1.30 bits per heavy atom. The molecule has 0 amide bonds. The summed E-state index contributed by atoms with van der Waals surface area (Å²) in [6.45, 7) is 7.89. The van der Waals surface area contributed by atoms with E-state index in [0.717, 1.165) is 48.0 Å². The fourth-order valence-corrected chi connectivity index (χ4v) is 3.14. The summed E-state index contributed by atoms with van der Waals surface area (Å²) in [6.07, 6.45) is 3.54. The standard InChI is InChI=1S/C19H25ClN2O2.CO2/c1-5-15-17(20)18(22(6-2)21-15)14-8-7-13(11-16(14)23-4)24-12-19(3)9-10-19;2-1-3/h7-8,11H,5-6,9-10,12H2,1-4H3;. The third kappa shape index (κ3) is 4.90. The van der Waals surface area contributed by atoms with Gasteiger partial charge in [-0.05, 0) is 38.3 Å². The molecule has 146 valence electrons. The van der Waals surface area contributed by atoms with Crippen molar-refractivity contribution in [1.29, 1.82) is 0 Å². The van der Waals surface area contributed by atoms with Crippen LogP contribution in [0.2, 0.25) is 5.02 Å². The van der Waals surface area contributed by atoms with E-state index in [1.807, 2.05) is 22.9 Å². The number of hydrogen-bond donors (Lipinski definition) is 0. The van der Waals surface area contributed by atoms with Crippen molar-refractivity contribution in [3.63, 3.8) is 0 Å². The summed E-state index contributed by atoms with van der Waals surface area (Å²) in [4.78, 5) is 16.2. The van der Waals surface area contributed by atoms with E-state index in [9.17, 15) is 0 Å². The molecule has 0 aliphatic heterocycles. The van der Waals surface area contributed by atoms with E-state index in [0.29, 0.717) is 10.4 Å². The Morgan fingerprint density at radius 3 is 2.48 bits per heavy atom. The second kappa shape index (κ2) is 9.07. The van der Waals surface area contributed by atoms with E-state index < -0.39 is 0 Å². The van der Waals surface area contributed by atoms with Crippen molar-refractivity contribution in [2.75, 3.05) is 13.7 Å². The van der Waals surface area contributed by atoms with Crippen LogP contribution in [-0.2, 0) is 22.6 Å². The third-order valence-corrected chi connectivity index (χ3v) is 5.11. The van der Waals surface area contributed by atoms with E-state index in [2.05, 4.69) is 25.9 Å². The van der Waals surface area contributed by atoms with Gasteiger partial charge in [-0.2, -0.15) is 14.7 Å². The summed E-state index contributed by atoms with van der Waals surface area (Å²) < 4.78 is 13.5. The van der Waals surface area contributed by atoms with Crippen LogP contribution in [0.3, 0.4) is 0 Å². The highest BCUT2D eigenvalue weighted by Gasteiger charge is 2.38. The molecule has 3 rings (SSSR count). The molecule has 7 heteroatoms. The van der Waals surface area contributed by atoms with Crippen LogP contribution in [-0.4, -0.2) is 29.6 Å². The number of carbonyl (C=O) groups excluding carboxylic acids is 2. The van der Waals surface area contributed by atoms with Crippen molar-refractivity contribution in [2.45, 2.75) is 46.6 Å². The highest BCUT2D eigenvalue weighted by molar-refractivity contribution is 6.33. The minimum Gasteiger partial charge on any atom is -0.496 e. The average Bonchev–Trinajstić information content (AvgIpc) is 3.32. The van der Waals surface area contributed by atoms with Gasteiger partial charge >= 0.3 is 6.15 Å². The van der Waals surface area contributed by atoms with E-state index in [-0.39, 0.29) is 6.15 Å². The van der Waals surface area contributed by atoms with E-state index in [1.54, 1.807) is 7.11 Å². The van der Waals surface area contributed by atoms with Crippen molar-refractivity contribution in [1.82, 2.24) is 9.78 Å². The first kappa shape index (κ1) is 21.0. The number of nitrogens with zero attached hydrogens (tertiary/aromatic N) is 2. The van der Waals surface area contributed by atoms with Crippen LogP contribution in [0.1, 0.15) is 39.3 Å². The lowest BCUT2D eigenvalue weighted by Gasteiger charge is -2.15. The topological polar surface area (TPSA) is 70.4 Å². The Labute approximate surface area is 164 Å². The number of methoxy groups -OCH3 is 1. The van der Waals surface area contributed by atoms with Crippen LogP contribution in [0.15, 0.2) is 18.2 Å². The Kier molecular flexibility index (Phi) is 7.05. The fraction of sp³-hybridized carbons (Fsp3) is 0.500. The van der Waals surface area contributed by atoms with Gasteiger partial charge in [-0.1, -0.05) is 25.4 Å². The van der Waals surface area contributed by atoms with Gasteiger partial charge in [0.05, 0.1) is 30.1 Å². The monoisotopic (exact) mass is 392 g/mol. The van der Waals surface area contributed by atoms with E-state index in [4.69, 9.17) is 30.7 Å². The van der Waals surface area contributed by atoms with Gasteiger partial charge in [0, 0.05) is 23.6 Å². The maximum absolute atomic E-state index is 8.12. The molecule has 1 aromatic carbocycles. The molecule has 1 aromatic heterocycles. The van der Waals surface area contributed by atoms with Gasteiger partial charge in [0.1, 0.15) is 11.5 Å². The lowest BCUT2D eigenvalue weighted by atomic mass is 10.1. The highest BCUT2D eigenvalue weighted by Crippen LogP contribution is 2.45. The predicted molar refractivity (Wildman–Crippen MR) is 102 cm³/mol. The second-order valence-corrected chi connectivity index (χ2v) is 7.20. The zero-order valence-corrected chi connectivity index (χ0v) is 16.9. The first-order valence-electron chi connectivity index (χ1n) is 8.98. The molecule has 0 radical (unpaired) electrons. The molecular formula is C20H25ClN2O4. The quantitative estimate of drug-likeness (QED) is 0.698. The fourth-order valence-electron chi connectivity index (χ4n) is 2.77. The van der Waals surface area contributed by atoms with E-state index in [1.165, 1.54) is 12.8 Å². The zero-order valence-electron chi connectivity index (χ0n) is 16.2. The minimum atomic E-state index is 0.250. The summed E-state index contributed by atoms with van der Waals surface area (Å²) in [5, 5.41) is 5.30. The molecule has 0 unspecified atom stereocenters. The molecule has 1 saturated carbocycles. The average molecular weight is 393 g/mol. The number of ether oxygens (including phenoxy) is 2.